The van der Waals surface area contributed by atoms with Gasteiger partial charge in [0.2, 0.25) is 0 Å². The van der Waals surface area contributed by atoms with E-state index in [1.54, 1.807) is 0 Å². The number of fused-ring (bicyclic) bond motifs is 2. The number of benzene rings is 1. The van der Waals surface area contributed by atoms with E-state index in [4.69, 9.17) is 4.74 Å². The van der Waals surface area contributed by atoms with Crippen molar-refractivity contribution in [3.05, 3.63) is 34.1 Å². The van der Waals surface area contributed by atoms with E-state index >= 15 is 0 Å². The zero-order chi connectivity index (χ0) is 12.7. The summed E-state index contributed by atoms with van der Waals surface area (Å²) in [4.78, 5) is 12.1. The molecule has 0 aromatic heterocycles. The number of hydrogen-bond acceptors (Lipinski definition) is 2. The number of carbonyl (C=O) groups is 1. The molecule has 1 aromatic rings. The number of halogens is 2. The van der Waals surface area contributed by atoms with E-state index in [0.717, 1.165) is 19.3 Å². The summed E-state index contributed by atoms with van der Waals surface area (Å²) in [5.74, 6) is -0.537. The summed E-state index contributed by atoms with van der Waals surface area (Å²) >= 11 is 3.21. The molecule has 96 valence electrons. The molecular weight excluding hydrogens is 301 g/mol. The van der Waals surface area contributed by atoms with Gasteiger partial charge in [0.25, 0.3) is 5.91 Å². The molecular formula is C13H13BrFNO2. The first-order valence-corrected chi connectivity index (χ1v) is 6.84. The molecule has 3 unspecified atom stereocenters. The van der Waals surface area contributed by atoms with Crippen LogP contribution in [-0.4, -0.2) is 24.2 Å². The molecule has 3 nitrogen and oxygen atoms in total. The second kappa shape index (κ2) is 4.63. The highest BCUT2D eigenvalue weighted by molar-refractivity contribution is 9.10. The van der Waals surface area contributed by atoms with E-state index in [2.05, 4.69) is 21.2 Å². The van der Waals surface area contributed by atoms with Gasteiger partial charge in [-0.3, -0.25) is 4.79 Å². The number of ether oxygens (including phenoxy) is 1. The maximum Gasteiger partial charge on any atom is 0.252 e. The quantitative estimate of drug-likeness (QED) is 0.911. The van der Waals surface area contributed by atoms with Crippen molar-refractivity contribution in [1.82, 2.24) is 5.32 Å². The molecule has 1 amide bonds. The number of carbonyl (C=O) groups excluding carboxylic acids is 1. The van der Waals surface area contributed by atoms with E-state index in [1.165, 1.54) is 18.2 Å². The van der Waals surface area contributed by atoms with Crippen molar-refractivity contribution in [2.45, 2.75) is 37.5 Å². The highest BCUT2D eigenvalue weighted by atomic mass is 79.9. The first kappa shape index (κ1) is 12.1. The smallest absolute Gasteiger partial charge is 0.252 e. The third-order valence-corrected chi connectivity index (χ3v) is 4.25. The Morgan fingerprint density at radius 2 is 2.28 bits per heavy atom. The Labute approximate surface area is 113 Å². The second-order valence-electron chi connectivity index (χ2n) is 4.81. The van der Waals surface area contributed by atoms with Crippen LogP contribution < -0.4 is 5.32 Å². The Kier molecular flexibility index (Phi) is 3.11. The van der Waals surface area contributed by atoms with Crippen LogP contribution in [0.2, 0.25) is 0 Å². The fourth-order valence-corrected chi connectivity index (χ4v) is 3.24. The lowest BCUT2D eigenvalue weighted by atomic mass is 9.95. The van der Waals surface area contributed by atoms with Gasteiger partial charge >= 0.3 is 0 Å². The van der Waals surface area contributed by atoms with Crippen LogP contribution in [0.4, 0.5) is 4.39 Å². The summed E-state index contributed by atoms with van der Waals surface area (Å²) in [7, 11) is 0. The Balaban J connectivity index is 1.71. The third kappa shape index (κ3) is 2.17. The zero-order valence-corrected chi connectivity index (χ0v) is 11.2. The lowest BCUT2D eigenvalue weighted by Crippen LogP contribution is -2.41. The third-order valence-electron chi connectivity index (χ3n) is 3.60. The van der Waals surface area contributed by atoms with Gasteiger partial charge in [0, 0.05) is 4.47 Å². The second-order valence-corrected chi connectivity index (χ2v) is 5.67. The van der Waals surface area contributed by atoms with Crippen molar-refractivity contribution in [2.75, 3.05) is 0 Å². The van der Waals surface area contributed by atoms with Crippen LogP contribution in [0.3, 0.4) is 0 Å². The Bertz CT molecular complexity index is 494. The van der Waals surface area contributed by atoms with E-state index in [0.29, 0.717) is 16.1 Å². The minimum atomic E-state index is -0.360. The van der Waals surface area contributed by atoms with Gasteiger partial charge in [-0.15, -0.1) is 0 Å². The van der Waals surface area contributed by atoms with Crippen LogP contribution in [0, 0.1) is 5.82 Å². The van der Waals surface area contributed by atoms with Crippen molar-refractivity contribution in [3.63, 3.8) is 0 Å². The molecule has 3 rings (SSSR count). The van der Waals surface area contributed by atoms with Gasteiger partial charge in [0.1, 0.15) is 5.82 Å². The highest BCUT2D eigenvalue weighted by Crippen LogP contribution is 2.34. The van der Waals surface area contributed by atoms with Gasteiger partial charge in [-0.2, -0.15) is 0 Å². The van der Waals surface area contributed by atoms with Gasteiger partial charge in [0.05, 0.1) is 23.8 Å². The van der Waals surface area contributed by atoms with Crippen molar-refractivity contribution in [3.8, 4) is 0 Å². The maximum absolute atomic E-state index is 13.0. The zero-order valence-electron chi connectivity index (χ0n) is 9.66. The summed E-state index contributed by atoms with van der Waals surface area (Å²) in [6, 6.07) is 4.17. The van der Waals surface area contributed by atoms with E-state index < -0.39 is 0 Å². The van der Waals surface area contributed by atoms with Gasteiger partial charge in [0.15, 0.2) is 0 Å². The molecule has 2 aliphatic heterocycles. The van der Waals surface area contributed by atoms with Crippen LogP contribution in [0.5, 0.6) is 0 Å². The SMILES string of the molecule is O=C(NC1CC2CCC1O2)c1ccc(F)cc1Br. The summed E-state index contributed by atoms with van der Waals surface area (Å²) in [5.41, 5.74) is 0.458. The number of amides is 1. The fourth-order valence-electron chi connectivity index (χ4n) is 2.71. The minimum absolute atomic E-state index is 0.0909. The fraction of sp³-hybridized carbons (Fsp3) is 0.462. The summed E-state index contributed by atoms with van der Waals surface area (Å²) < 4.78 is 19.1. The summed E-state index contributed by atoms with van der Waals surface area (Å²) in [6.45, 7) is 0. The molecule has 2 heterocycles. The van der Waals surface area contributed by atoms with E-state index in [1.807, 2.05) is 0 Å². The average Bonchev–Trinajstić information content (AvgIpc) is 2.90. The molecule has 2 fully saturated rings. The Morgan fingerprint density at radius 1 is 1.44 bits per heavy atom. The van der Waals surface area contributed by atoms with Crippen molar-refractivity contribution in [1.29, 1.82) is 0 Å². The molecule has 1 aromatic carbocycles. The molecule has 2 aliphatic rings. The predicted octanol–water partition coefficient (Wildman–Crippen LogP) is 2.64. The van der Waals surface area contributed by atoms with Crippen LogP contribution in [0.25, 0.3) is 0 Å². The van der Waals surface area contributed by atoms with Crippen LogP contribution in [0.1, 0.15) is 29.6 Å². The summed E-state index contributed by atoms with van der Waals surface area (Å²) in [6.07, 6.45) is 3.45. The van der Waals surface area contributed by atoms with Gasteiger partial charge in [-0.25, -0.2) is 4.39 Å². The first-order chi connectivity index (χ1) is 8.63. The van der Waals surface area contributed by atoms with Crippen LogP contribution in [-0.2, 0) is 4.74 Å². The molecule has 1 N–H and O–H groups in total. The van der Waals surface area contributed by atoms with Gasteiger partial charge in [-0.1, -0.05) is 0 Å². The molecule has 18 heavy (non-hydrogen) atoms. The maximum atomic E-state index is 13.0. The largest absolute Gasteiger partial charge is 0.373 e. The van der Waals surface area contributed by atoms with Crippen molar-refractivity contribution >= 4 is 21.8 Å². The number of hydrogen-bond donors (Lipinski definition) is 1. The predicted molar refractivity (Wildman–Crippen MR) is 67.9 cm³/mol. The Morgan fingerprint density at radius 3 is 2.89 bits per heavy atom. The molecule has 2 saturated heterocycles. The topological polar surface area (TPSA) is 38.3 Å². The minimum Gasteiger partial charge on any atom is -0.373 e. The van der Waals surface area contributed by atoms with Crippen LogP contribution >= 0.6 is 15.9 Å². The molecule has 3 atom stereocenters. The van der Waals surface area contributed by atoms with Crippen molar-refractivity contribution in [2.24, 2.45) is 0 Å². The summed E-state index contributed by atoms with van der Waals surface area (Å²) in [5, 5.41) is 2.97. The molecule has 0 spiro atoms. The molecule has 0 radical (unpaired) electrons. The monoisotopic (exact) mass is 313 g/mol. The Hall–Kier alpha value is -0.940. The lowest BCUT2D eigenvalue weighted by Gasteiger charge is -2.20. The molecule has 0 saturated carbocycles. The molecule has 0 aliphatic carbocycles. The average molecular weight is 314 g/mol. The van der Waals surface area contributed by atoms with Gasteiger partial charge in [-0.05, 0) is 53.4 Å². The van der Waals surface area contributed by atoms with Crippen molar-refractivity contribution < 1.29 is 13.9 Å². The molecule has 5 heteroatoms. The van der Waals surface area contributed by atoms with Gasteiger partial charge < -0.3 is 10.1 Å². The number of nitrogens with one attached hydrogen (secondary N) is 1. The lowest BCUT2D eigenvalue weighted by molar-refractivity contribution is 0.0840. The van der Waals surface area contributed by atoms with Crippen LogP contribution in [0.15, 0.2) is 22.7 Å². The normalized spacial score (nSPS) is 29.6. The van der Waals surface area contributed by atoms with E-state index in [-0.39, 0.29) is 23.9 Å². The standard InChI is InChI=1S/C13H13BrFNO2/c14-10-5-7(15)1-3-9(10)13(17)16-11-6-8-2-4-12(11)18-8/h1,3,5,8,11-12H,2,4,6H2,(H,16,17). The van der Waals surface area contributed by atoms with E-state index in [9.17, 15) is 9.18 Å². The molecule has 2 bridgehead atoms. The highest BCUT2D eigenvalue weighted by Gasteiger charge is 2.41. The number of rotatable bonds is 2. The first-order valence-electron chi connectivity index (χ1n) is 6.05.